The Morgan fingerprint density at radius 2 is 2.15 bits per heavy atom. The van der Waals surface area contributed by atoms with Crippen molar-refractivity contribution in [2.75, 3.05) is 19.6 Å². The summed E-state index contributed by atoms with van der Waals surface area (Å²) in [5, 5.41) is 9.14. The Kier molecular flexibility index (Phi) is 4.36. The summed E-state index contributed by atoms with van der Waals surface area (Å²) >= 11 is 1.69. The van der Waals surface area contributed by atoms with Gasteiger partial charge in [-0.1, -0.05) is 0 Å². The molecule has 0 unspecified atom stereocenters. The molecule has 0 aromatic carbocycles. The van der Waals surface area contributed by atoms with Gasteiger partial charge in [0.25, 0.3) is 0 Å². The average Bonchev–Trinajstić information content (AvgIpc) is 3.36. The molecule has 136 valence electrons. The molecule has 6 nitrogen and oxygen atoms in total. The number of piperidine rings is 1. The summed E-state index contributed by atoms with van der Waals surface area (Å²) in [5.41, 5.74) is 4.07. The van der Waals surface area contributed by atoms with Crippen LogP contribution in [-0.2, 0) is 13.1 Å². The van der Waals surface area contributed by atoms with E-state index in [1.165, 1.54) is 31.6 Å². The summed E-state index contributed by atoms with van der Waals surface area (Å²) in [5.74, 6) is 2.64. The largest absolute Gasteiger partial charge is 0.458 e. The molecule has 0 radical (unpaired) electrons. The van der Waals surface area contributed by atoms with Crippen molar-refractivity contribution in [3.05, 3.63) is 46.7 Å². The number of hydrogen-bond acceptors (Lipinski definition) is 6. The predicted molar refractivity (Wildman–Crippen MR) is 101 cm³/mol. The third-order valence-electron chi connectivity index (χ3n) is 5.56. The number of nitrogens with zero attached hydrogens (tertiary/aromatic N) is 4. The van der Waals surface area contributed by atoms with Crippen molar-refractivity contribution in [2.45, 2.75) is 32.0 Å². The Morgan fingerprint density at radius 3 is 3.00 bits per heavy atom. The number of thiazole rings is 1. The van der Waals surface area contributed by atoms with Gasteiger partial charge in [0, 0.05) is 43.8 Å². The number of nitrogens with one attached hydrogen (secondary N) is 1. The van der Waals surface area contributed by atoms with E-state index in [0.29, 0.717) is 6.04 Å². The summed E-state index contributed by atoms with van der Waals surface area (Å²) in [6.07, 6.45) is 4.38. The molecule has 6 heterocycles. The number of H-pyrrole nitrogens is 1. The second-order valence-corrected chi connectivity index (χ2v) is 8.16. The minimum atomic E-state index is 0.605. The number of aromatic amines is 1. The Hall–Kier alpha value is -1.96. The number of fused-ring (bicyclic) bond motifs is 4. The molecule has 3 aromatic rings. The highest BCUT2D eigenvalue weighted by Crippen LogP contribution is 2.31. The van der Waals surface area contributed by atoms with Gasteiger partial charge in [0.2, 0.25) is 0 Å². The fourth-order valence-corrected chi connectivity index (χ4v) is 4.89. The molecule has 0 saturated carbocycles. The quantitative estimate of drug-likeness (QED) is 0.748. The van der Waals surface area contributed by atoms with E-state index in [2.05, 4.69) is 36.4 Å². The molecule has 26 heavy (non-hydrogen) atoms. The molecule has 3 aliphatic heterocycles. The molecule has 1 N–H and O–H groups in total. The molecule has 3 fully saturated rings. The first kappa shape index (κ1) is 16.2. The summed E-state index contributed by atoms with van der Waals surface area (Å²) < 4.78 is 6.06. The van der Waals surface area contributed by atoms with E-state index < -0.39 is 0 Å². The molecule has 3 saturated heterocycles. The maximum atomic E-state index is 6.06. The van der Waals surface area contributed by atoms with Gasteiger partial charge in [-0.3, -0.25) is 14.9 Å². The molecule has 7 heteroatoms. The molecule has 0 spiro atoms. The molecule has 0 amide bonds. The predicted octanol–water partition coefficient (Wildman–Crippen LogP) is 3.22. The zero-order valence-corrected chi connectivity index (χ0v) is 15.5. The van der Waals surface area contributed by atoms with E-state index in [9.17, 15) is 0 Å². The number of hydrogen-bond donors (Lipinski definition) is 1. The van der Waals surface area contributed by atoms with Gasteiger partial charge in [0.1, 0.15) is 11.5 Å². The average molecular weight is 369 g/mol. The van der Waals surface area contributed by atoms with Crippen LogP contribution in [0.1, 0.15) is 24.3 Å². The normalized spacial score (nSPS) is 24.2. The van der Waals surface area contributed by atoms with Crippen LogP contribution in [0, 0.1) is 5.92 Å². The third kappa shape index (κ3) is 3.34. The highest BCUT2D eigenvalue weighted by Gasteiger charge is 2.35. The van der Waals surface area contributed by atoms with Gasteiger partial charge in [-0.25, -0.2) is 4.98 Å². The molecule has 3 aliphatic rings. The van der Waals surface area contributed by atoms with Gasteiger partial charge in [-0.15, -0.1) is 11.3 Å². The lowest BCUT2D eigenvalue weighted by Crippen LogP contribution is -2.43. The lowest BCUT2D eigenvalue weighted by Gasteiger charge is -2.35. The number of furan rings is 1. The fourth-order valence-electron chi connectivity index (χ4n) is 4.34. The third-order valence-corrected chi connectivity index (χ3v) is 6.19. The Balaban J connectivity index is 1.27. The summed E-state index contributed by atoms with van der Waals surface area (Å²) in [6.45, 7) is 5.34. The van der Waals surface area contributed by atoms with Gasteiger partial charge in [-0.05, 0) is 37.0 Å². The molecular weight excluding hydrogens is 346 g/mol. The van der Waals surface area contributed by atoms with E-state index in [4.69, 9.17) is 4.42 Å². The summed E-state index contributed by atoms with van der Waals surface area (Å²) in [6, 6.07) is 6.68. The van der Waals surface area contributed by atoms with Crippen LogP contribution in [0.2, 0.25) is 0 Å². The molecule has 0 aliphatic carbocycles. The Labute approximate surface area is 156 Å². The molecule has 2 atom stereocenters. The lowest BCUT2D eigenvalue weighted by molar-refractivity contribution is 0.114. The minimum absolute atomic E-state index is 0.605. The highest BCUT2D eigenvalue weighted by atomic mass is 32.1. The number of aromatic nitrogens is 3. The highest BCUT2D eigenvalue weighted by molar-refractivity contribution is 7.07. The maximum absolute atomic E-state index is 6.06. The van der Waals surface area contributed by atoms with E-state index in [1.54, 1.807) is 17.5 Å². The Morgan fingerprint density at radius 1 is 1.15 bits per heavy atom. The maximum Gasteiger partial charge on any atom is 0.152 e. The van der Waals surface area contributed by atoms with Gasteiger partial charge >= 0.3 is 0 Å². The van der Waals surface area contributed by atoms with E-state index in [-0.39, 0.29) is 0 Å². The smallest absolute Gasteiger partial charge is 0.152 e. The van der Waals surface area contributed by atoms with Crippen molar-refractivity contribution in [1.29, 1.82) is 0 Å². The van der Waals surface area contributed by atoms with Gasteiger partial charge in [0.05, 0.1) is 17.7 Å². The van der Waals surface area contributed by atoms with Gasteiger partial charge < -0.3 is 4.42 Å². The van der Waals surface area contributed by atoms with E-state index in [0.717, 1.165) is 42.8 Å². The van der Waals surface area contributed by atoms with Crippen molar-refractivity contribution < 1.29 is 4.42 Å². The van der Waals surface area contributed by atoms with Crippen LogP contribution in [0.4, 0.5) is 0 Å². The topological polar surface area (TPSA) is 61.2 Å². The van der Waals surface area contributed by atoms with Crippen LogP contribution in [0.3, 0.4) is 0 Å². The second-order valence-electron chi connectivity index (χ2n) is 7.44. The minimum Gasteiger partial charge on any atom is -0.458 e. The van der Waals surface area contributed by atoms with Crippen LogP contribution in [-0.4, -0.2) is 50.7 Å². The first-order valence-electron chi connectivity index (χ1n) is 9.25. The van der Waals surface area contributed by atoms with E-state index in [1.807, 2.05) is 17.6 Å². The van der Waals surface area contributed by atoms with Gasteiger partial charge in [-0.2, -0.15) is 5.10 Å². The molecule has 2 bridgehead atoms. The van der Waals surface area contributed by atoms with Crippen LogP contribution >= 0.6 is 11.3 Å². The van der Waals surface area contributed by atoms with Crippen molar-refractivity contribution in [3.63, 3.8) is 0 Å². The fraction of sp³-hybridized carbons (Fsp3) is 0.474. The van der Waals surface area contributed by atoms with Crippen LogP contribution in [0.15, 0.2) is 39.7 Å². The Bertz CT molecular complexity index is 828. The number of rotatable bonds is 5. The molecular formula is C19H23N5OS. The molecule has 6 rings (SSSR count). The zero-order valence-electron chi connectivity index (χ0n) is 14.7. The van der Waals surface area contributed by atoms with Crippen LogP contribution in [0.25, 0.3) is 11.5 Å². The van der Waals surface area contributed by atoms with Crippen molar-refractivity contribution in [3.8, 4) is 11.5 Å². The van der Waals surface area contributed by atoms with Crippen molar-refractivity contribution in [1.82, 2.24) is 25.0 Å². The summed E-state index contributed by atoms with van der Waals surface area (Å²) in [7, 11) is 0. The van der Waals surface area contributed by atoms with E-state index >= 15 is 0 Å². The SMILES string of the molecule is c1cc(-c2ccc(CN3C[C@H]4CC[C@@H]3CN(Cc3cscn3)C4)o2)[nH]n1. The zero-order chi connectivity index (χ0) is 17.3. The molecule has 3 aromatic heterocycles. The first-order valence-corrected chi connectivity index (χ1v) is 10.2. The van der Waals surface area contributed by atoms with Crippen molar-refractivity contribution in [2.24, 2.45) is 5.92 Å². The van der Waals surface area contributed by atoms with Crippen LogP contribution in [0.5, 0.6) is 0 Å². The second kappa shape index (κ2) is 6.98. The monoisotopic (exact) mass is 369 g/mol. The van der Waals surface area contributed by atoms with Gasteiger partial charge in [0.15, 0.2) is 5.76 Å². The van der Waals surface area contributed by atoms with Crippen LogP contribution < -0.4 is 0 Å². The lowest BCUT2D eigenvalue weighted by atomic mass is 9.95. The first-order chi connectivity index (χ1) is 12.8. The standard InChI is InChI=1S/C19H23N5OS/c1-2-16-10-23(9-15-12-26-13-20-15)7-14(1)8-24(16)11-17-3-4-19(25-17)18-5-6-21-22-18/h3-6,12-14,16H,1-2,7-11H2,(H,21,22)/t14-,16+/m0/s1. The summed E-state index contributed by atoms with van der Waals surface area (Å²) in [4.78, 5) is 9.67. The van der Waals surface area contributed by atoms with Crippen molar-refractivity contribution >= 4 is 11.3 Å².